The van der Waals surface area contributed by atoms with E-state index in [0.29, 0.717) is 39.5 Å². The van der Waals surface area contributed by atoms with Gasteiger partial charge in [0.05, 0.1) is 23.0 Å². The van der Waals surface area contributed by atoms with Crippen molar-refractivity contribution in [2.24, 2.45) is 0 Å². The summed E-state index contributed by atoms with van der Waals surface area (Å²) >= 11 is 3.55. The quantitative estimate of drug-likeness (QED) is 0.171. The van der Waals surface area contributed by atoms with Crippen molar-refractivity contribution in [2.45, 2.75) is 13.5 Å². The van der Waals surface area contributed by atoms with Crippen molar-refractivity contribution in [1.29, 1.82) is 0 Å². The Balaban J connectivity index is 1.53. The van der Waals surface area contributed by atoms with Gasteiger partial charge < -0.3 is 9.47 Å². The number of ether oxygens (including phenoxy) is 2. The normalized spacial score (nSPS) is 13.5. The summed E-state index contributed by atoms with van der Waals surface area (Å²) in [5.74, 6) is -0.537. The van der Waals surface area contributed by atoms with Gasteiger partial charge in [-0.15, -0.1) is 0 Å². The van der Waals surface area contributed by atoms with Crippen LogP contribution in [0, 0.1) is 6.92 Å². The van der Waals surface area contributed by atoms with Gasteiger partial charge in [0, 0.05) is 0 Å². The molecule has 4 aromatic carbocycles. The van der Waals surface area contributed by atoms with Crippen molar-refractivity contribution in [2.75, 3.05) is 16.9 Å². The summed E-state index contributed by atoms with van der Waals surface area (Å²) in [5.41, 5.74) is 3.21. The molecular weight excluding hydrogens is 572 g/mol. The average molecular weight is 597 g/mol. The molecule has 1 fully saturated rings. The number of halogens is 1. The lowest BCUT2D eigenvalue weighted by atomic mass is 10.0. The van der Waals surface area contributed by atoms with Gasteiger partial charge in [0.25, 0.3) is 11.8 Å². The van der Waals surface area contributed by atoms with E-state index in [9.17, 15) is 14.4 Å². The van der Waals surface area contributed by atoms with Gasteiger partial charge in [-0.2, -0.15) is 0 Å². The molecule has 0 atom stereocenters. The fraction of sp³-hybridized carbons (Fsp3) is 0.0938. The van der Waals surface area contributed by atoms with Gasteiger partial charge in [0.15, 0.2) is 11.5 Å². The van der Waals surface area contributed by atoms with Gasteiger partial charge in [-0.05, 0) is 76.5 Å². The maximum absolute atomic E-state index is 13.6. The Morgan fingerprint density at radius 2 is 1.32 bits per heavy atom. The Morgan fingerprint density at radius 1 is 0.775 bits per heavy atom. The third kappa shape index (κ3) is 5.39. The molecule has 7 nitrogen and oxygen atoms in total. The Morgan fingerprint density at radius 3 is 1.85 bits per heavy atom. The average Bonchev–Trinajstić information content (AvgIpc) is 2.96. The second kappa shape index (κ2) is 11.6. The zero-order chi connectivity index (χ0) is 28.2. The summed E-state index contributed by atoms with van der Waals surface area (Å²) in [6.45, 7) is 2.35. The van der Waals surface area contributed by atoms with Crippen molar-refractivity contribution in [3.05, 3.63) is 124 Å². The molecule has 8 heteroatoms. The van der Waals surface area contributed by atoms with Crippen molar-refractivity contribution in [1.82, 2.24) is 0 Å². The molecule has 1 heterocycles. The topological polar surface area (TPSA) is 76.2 Å². The number of imide groups is 2. The maximum Gasteiger partial charge on any atom is 0.343 e. The Bertz CT molecular complexity index is 1540. The van der Waals surface area contributed by atoms with E-state index in [4.69, 9.17) is 9.47 Å². The predicted octanol–water partition coefficient (Wildman–Crippen LogP) is 6.93. The molecular formula is C32H25BrN2O5. The Kier molecular flexibility index (Phi) is 7.79. The van der Waals surface area contributed by atoms with Crippen LogP contribution >= 0.6 is 15.9 Å². The summed E-state index contributed by atoms with van der Waals surface area (Å²) in [7, 11) is 1.52. The van der Waals surface area contributed by atoms with E-state index in [2.05, 4.69) is 15.9 Å². The molecule has 1 aliphatic heterocycles. The molecule has 0 spiro atoms. The molecule has 0 unspecified atom stereocenters. The predicted molar refractivity (Wildman–Crippen MR) is 157 cm³/mol. The van der Waals surface area contributed by atoms with E-state index >= 15 is 0 Å². The number of carbonyl (C=O) groups is 3. The number of benzene rings is 4. The molecule has 0 aliphatic carbocycles. The monoisotopic (exact) mass is 596 g/mol. The number of hydrogen-bond donors (Lipinski definition) is 0. The fourth-order valence-electron chi connectivity index (χ4n) is 4.31. The minimum Gasteiger partial charge on any atom is -0.493 e. The van der Waals surface area contributed by atoms with Crippen LogP contribution < -0.4 is 19.3 Å². The van der Waals surface area contributed by atoms with Crippen LogP contribution in [0.3, 0.4) is 0 Å². The molecule has 4 amide bonds. The van der Waals surface area contributed by atoms with Crippen LogP contribution in [0.1, 0.15) is 16.7 Å². The highest BCUT2D eigenvalue weighted by Crippen LogP contribution is 2.38. The number of urea groups is 1. The number of nitrogens with zero attached hydrogens (tertiary/aromatic N) is 2. The first kappa shape index (κ1) is 26.9. The Labute approximate surface area is 240 Å². The number of anilines is 2. The summed E-state index contributed by atoms with van der Waals surface area (Å²) in [6, 6.07) is 27.7. The summed E-state index contributed by atoms with van der Waals surface area (Å²) in [5, 5.41) is 0. The van der Waals surface area contributed by atoms with E-state index in [1.807, 2.05) is 31.2 Å². The molecule has 0 bridgehead atoms. The highest BCUT2D eigenvalue weighted by atomic mass is 79.9. The van der Waals surface area contributed by atoms with Crippen LogP contribution in [0.25, 0.3) is 6.08 Å². The highest BCUT2D eigenvalue weighted by molar-refractivity contribution is 9.10. The molecule has 4 aromatic rings. The molecule has 0 saturated carbocycles. The molecule has 1 saturated heterocycles. The third-order valence-corrected chi connectivity index (χ3v) is 6.93. The van der Waals surface area contributed by atoms with E-state index in [0.717, 1.165) is 20.9 Å². The second-order valence-electron chi connectivity index (χ2n) is 9.10. The van der Waals surface area contributed by atoms with Crippen molar-refractivity contribution < 1.29 is 23.9 Å². The lowest BCUT2D eigenvalue weighted by molar-refractivity contribution is -0.121. The van der Waals surface area contributed by atoms with Gasteiger partial charge in [-0.3, -0.25) is 9.59 Å². The number of rotatable bonds is 7. The number of para-hydroxylation sites is 2. The minimum atomic E-state index is -0.747. The van der Waals surface area contributed by atoms with E-state index in [1.54, 1.807) is 72.8 Å². The number of hydrogen-bond acceptors (Lipinski definition) is 5. The Hall–Kier alpha value is -4.69. The number of aryl methyl sites for hydroxylation is 1. The van der Waals surface area contributed by atoms with Gasteiger partial charge in [0.1, 0.15) is 12.2 Å². The second-order valence-corrected chi connectivity index (χ2v) is 9.96. The molecule has 0 N–H and O–H groups in total. The number of amides is 4. The van der Waals surface area contributed by atoms with E-state index < -0.39 is 17.8 Å². The maximum atomic E-state index is 13.6. The number of methoxy groups -OCH3 is 1. The summed E-state index contributed by atoms with van der Waals surface area (Å²) < 4.78 is 12.2. The summed E-state index contributed by atoms with van der Waals surface area (Å²) in [6.07, 6.45) is 1.46. The third-order valence-electron chi connectivity index (χ3n) is 6.34. The van der Waals surface area contributed by atoms with Crippen LogP contribution in [0.2, 0.25) is 0 Å². The first-order valence-electron chi connectivity index (χ1n) is 12.5. The zero-order valence-electron chi connectivity index (χ0n) is 21.8. The molecule has 200 valence electrons. The van der Waals surface area contributed by atoms with Crippen LogP contribution in [-0.4, -0.2) is 25.0 Å². The summed E-state index contributed by atoms with van der Waals surface area (Å²) in [4.78, 5) is 42.8. The molecule has 0 radical (unpaired) electrons. The van der Waals surface area contributed by atoms with E-state index in [-0.39, 0.29) is 5.57 Å². The smallest absolute Gasteiger partial charge is 0.343 e. The molecule has 1 aliphatic rings. The first-order valence-corrected chi connectivity index (χ1v) is 13.3. The van der Waals surface area contributed by atoms with Crippen LogP contribution in [0.15, 0.2) is 107 Å². The van der Waals surface area contributed by atoms with Gasteiger partial charge >= 0.3 is 6.03 Å². The SMILES string of the molecule is COc1cc(C=C2C(=O)N(c3ccccc3)C(=O)N(c3ccccc3)C2=O)cc(Br)c1OCc1ccc(C)cc1. The van der Waals surface area contributed by atoms with E-state index in [1.165, 1.54) is 13.2 Å². The van der Waals surface area contributed by atoms with Crippen molar-refractivity contribution in [3.63, 3.8) is 0 Å². The van der Waals surface area contributed by atoms with Crippen molar-refractivity contribution >= 4 is 51.2 Å². The van der Waals surface area contributed by atoms with Gasteiger partial charge in [-0.25, -0.2) is 14.6 Å². The molecule has 0 aromatic heterocycles. The van der Waals surface area contributed by atoms with Gasteiger partial charge in [0.2, 0.25) is 0 Å². The van der Waals surface area contributed by atoms with Crippen LogP contribution in [0.5, 0.6) is 11.5 Å². The minimum absolute atomic E-state index is 0.172. The standard InChI is InChI=1S/C32H25BrN2O5/c1-21-13-15-22(16-14-21)20-40-29-27(33)18-23(19-28(29)39-2)17-26-30(36)34(24-9-5-3-6-10-24)32(38)35(31(26)37)25-11-7-4-8-12-25/h3-19H,20H2,1-2H3. The van der Waals surface area contributed by atoms with Crippen LogP contribution in [0.4, 0.5) is 16.2 Å². The number of barbiturate groups is 1. The molecule has 5 rings (SSSR count). The zero-order valence-corrected chi connectivity index (χ0v) is 23.4. The fourth-order valence-corrected chi connectivity index (χ4v) is 4.88. The van der Waals surface area contributed by atoms with Crippen LogP contribution in [-0.2, 0) is 16.2 Å². The van der Waals surface area contributed by atoms with Gasteiger partial charge in [-0.1, -0.05) is 66.2 Å². The largest absolute Gasteiger partial charge is 0.493 e. The van der Waals surface area contributed by atoms with Crippen molar-refractivity contribution in [3.8, 4) is 11.5 Å². The number of carbonyl (C=O) groups excluding carboxylic acids is 3. The molecule has 40 heavy (non-hydrogen) atoms. The first-order chi connectivity index (χ1) is 19.4. The lowest BCUT2D eigenvalue weighted by Crippen LogP contribution is -2.57. The lowest BCUT2D eigenvalue weighted by Gasteiger charge is -2.34. The highest BCUT2D eigenvalue weighted by Gasteiger charge is 2.43.